The van der Waals surface area contributed by atoms with Crippen LogP contribution < -0.4 is 5.32 Å². The number of hydrogen-bond donors (Lipinski definition) is 1. The smallest absolute Gasteiger partial charge is 0.127 e. The molecule has 2 rings (SSSR count). The van der Waals surface area contributed by atoms with Crippen LogP contribution in [-0.2, 0) is 13.0 Å². The van der Waals surface area contributed by atoms with Crippen molar-refractivity contribution in [3.63, 3.8) is 0 Å². The van der Waals surface area contributed by atoms with Gasteiger partial charge in [0.25, 0.3) is 0 Å². The molecule has 1 nitrogen and oxygen atoms in total. The van der Waals surface area contributed by atoms with E-state index in [9.17, 15) is 8.78 Å². The van der Waals surface area contributed by atoms with Crippen molar-refractivity contribution in [2.75, 3.05) is 0 Å². The van der Waals surface area contributed by atoms with E-state index in [2.05, 4.69) is 43.4 Å². The van der Waals surface area contributed by atoms with Crippen LogP contribution >= 0.6 is 0 Å². The van der Waals surface area contributed by atoms with Gasteiger partial charge in [0.2, 0.25) is 0 Å². The van der Waals surface area contributed by atoms with Crippen molar-refractivity contribution in [1.82, 2.24) is 5.32 Å². The summed E-state index contributed by atoms with van der Waals surface area (Å²) in [5.74, 6) is -0.784. The molecule has 1 unspecified atom stereocenters. The minimum absolute atomic E-state index is 0.138. The number of benzene rings is 2. The summed E-state index contributed by atoms with van der Waals surface area (Å²) < 4.78 is 26.8. The highest BCUT2D eigenvalue weighted by Crippen LogP contribution is 2.19. The van der Waals surface area contributed by atoms with Gasteiger partial charge in [-0.25, -0.2) is 8.78 Å². The van der Waals surface area contributed by atoms with E-state index in [0.717, 1.165) is 18.9 Å². The van der Waals surface area contributed by atoms with E-state index in [-0.39, 0.29) is 11.9 Å². The Morgan fingerprint density at radius 2 is 1.71 bits per heavy atom. The third kappa shape index (κ3) is 4.11. The first kappa shape index (κ1) is 15.6. The second-order valence-electron chi connectivity index (χ2n) is 5.17. The highest BCUT2D eigenvalue weighted by atomic mass is 19.1. The predicted molar refractivity (Wildman–Crippen MR) is 82.0 cm³/mol. The molecule has 2 aromatic carbocycles. The molecule has 2 aromatic rings. The van der Waals surface area contributed by atoms with Crippen LogP contribution in [0, 0.1) is 11.6 Å². The minimum atomic E-state index is -0.409. The fourth-order valence-electron chi connectivity index (χ4n) is 2.40. The van der Waals surface area contributed by atoms with Crippen molar-refractivity contribution in [2.24, 2.45) is 0 Å². The van der Waals surface area contributed by atoms with Crippen molar-refractivity contribution >= 4 is 0 Å². The summed E-state index contributed by atoms with van der Waals surface area (Å²) in [4.78, 5) is 0. The highest BCUT2D eigenvalue weighted by molar-refractivity contribution is 5.25. The normalized spacial score (nSPS) is 12.4. The summed E-state index contributed by atoms with van der Waals surface area (Å²) in [7, 11) is 0. The van der Waals surface area contributed by atoms with Gasteiger partial charge < -0.3 is 5.32 Å². The Kier molecular flexibility index (Phi) is 5.45. The Hall–Kier alpha value is -1.74. The first-order valence-corrected chi connectivity index (χ1v) is 7.40. The zero-order chi connectivity index (χ0) is 15.2. The molecule has 112 valence electrons. The van der Waals surface area contributed by atoms with Gasteiger partial charge in [-0.05, 0) is 42.2 Å². The summed E-state index contributed by atoms with van der Waals surface area (Å²) in [6, 6.07) is 12.1. The summed E-state index contributed by atoms with van der Waals surface area (Å²) in [5.41, 5.74) is 2.83. The number of halogens is 2. The van der Waals surface area contributed by atoms with Crippen molar-refractivity contribution in [3.05, 3.63) is 70.8 Å². The van der Waals surface area contributed by atoms with Gasteiger partial charge in [0.05, 0.1) is 0 Å². The molecule has 0 radical (unpaired) electrons. The average molecular weight is 289 g/mol. The Morgan fingerprint density at radius 1 is 1.00 bits per heavy atom. The predicted octanol–water partition coefficient (Wildman–Crippen LogP) is 4.77. The van der Waals surface area contributed by atoms with Crippen LogP contribution in [0.3, 0.4) is 0 Å². The highest BCUT2D eigenvalue weighted by Gasteiger charge is 2.10. The monoisotopic (exact) mass is 289 g/mol. The lowest BCUT2D eigenvalue weighted by atomic mass is 10.0. The van der Waals surface area contributed by atoms with Crippen LogP contribution in [0.15, 0.2) is 42.5 Å². The SMILES string of the molecule is CCc1ccc(C(CC)NCc2cc(F)ccc2F)cc1. The Balaban J connectivity index is 2.06. The van der Waals surface area contributed by atoms with Crippen LogP contribution in [0.5, 0.6) is 0 Å². The van der Waals surface area contributed by atoms with Crippen molar-refractivity contribution in [3.8, 4) is 0 Å². The zero-order valence-corrected chi connectivity index (χ0v) is 12.5. The van der Waals surface area contributed by atoms with Gasteiger partial charge >= 0.3 is 0 Å². The molecule has 0 amide bonds. The maximum absolute atomic E-state index is 13.6. The van der Waals surface area contributed by atoms with Crippen LogP contribution in [0.25, 0.3) is 0 Å². The molecular formula is C18H21F2N. The lowest BCUT2D eigenvalue weighted by molar-refractivity contribution is 0.500. The van der Waals surface area contributed by atoms with Gasteiger partial charge in [-0.3, -0.25) is 0 Å². The summed E-state index contributed by atoms with van der Waals surface area (Å²) in [6.45, 7) is 4.52. The average Bonchev–Trinajstić information content (AvgIpc) is 2.51. The first-order chi connectivity index (χ1) is 10.1. The van der Waals surface area contributed by atoms with Gasteiger partial charge in [0.1, 0.15) is 11.6 Å². The van der Waals surface area contributed by atoms with Gasteiger partial charge in [-0.15, -0.1) is 0 Å². The quantitative estimate of drug-likeness (QED) is 0.808. The second kappa shape index (κ2) is 7.32. The molecule has 3 heteroatoms. The molecule has 0 bridgehead atoms. The lowest BCUT2D eigenvalue weighted by Crippen LogP contribution is -2.21. The van der Waals surface area contributed by atoms with Crippen LogP contribution in [0.2, 0.25) is 0 Å². The largest absolute Gasteiger partial charge is 0.306 e. The van der Waals surface area contributed by atoms with Crippen LogP contribution in [-0.4, -0.2) is 0 Å². The lowest BCUT2D eigenvalue weighted by Gasteiger charge is -2.18. The third-order valence-corrected chi connectivity index (χ3v) is 3.75. The zero-order valence-electron chi connectivity index (χ0n) is 12.5. The number of rotatable bonds is 6. The van der Waals surface area contributed by atoms with E-state index in [1.165, 1.54) is 23.3 Å². The summed E-state index contributed by atoms with van der Waals surface area (Å²) >= 11 is 0. The molecule has 0 saturated carbocycles. The van der Waals surface area contributed by atoms with Crippen LogP contribution in [0.4, 0.5) is 8.78 Å². The van der Waals surface area contributed by atoms with E-state index in [1.807, 2.05) is 0 Å². The molecule has 0 aliphatic heterocycles. The summed E-state index contributed by atoms with van der Waals surface area (Å²) in [6.07, 6.45) is 1.90. The molecule has 21 heavy (non-hydrogen) atoms. The molecule has 0 saturated heterocycles. The Bertz CT molecular complexity index is 578. The summed E-state index contributed by atoms with van der Waals surface area (Å²) in [5, 5.41) is 3.30. The molecule has 1 N–H and O–H groups in total. The van der Waals surface area contributed by atoms with E-state index in [1.54, 1.807) is 0 Å². The minimum Gasteiger partial charge on any atom is -0.306 e. The van der Waals surface area contributed by atoms with Gasteiger partial charge in [-0.1, -0.05) is 38.1 Å². The number of hydrogen-bond acceptors (Lipinski definition) is 1. The van der Waals surface area contributed by atoms with Gasteiger partial charge in [-0.2, -0.15) is 0 Å². The Morgan fingerprint density at radius 3 is 2.33 bits per heavy atom. The van der Waals surface area contributed by atoms with Crippen molar-refractivity contribution in [1.29, 1.82) is 0 Å². The van der Waals surface area contributed by atoms with E-state index < -0.39 is 5.82 Å². The second-order valence-corrected chi connectivity index (χ2v) is 5.17. The van der Waals surface area contributed by atoms with Crippen molar-refractivity contribution in [2.45, 2.75) is 39.3 Å². The first-order valence-electron chi connectivity index (χ1n) is 7.40. The molecule has 0 heterocycles. The maximum Gasteiger partial charge on any atom is 0.127 e. The molecule has 0 spiro atoms. The molecule has 0 aromatic heterocycles. The topological polar surface area (TPSA) is 12.0 Å². The molecule has 0 aliphatic carbocycles. The Labute approximate surface area is 125 Å². The van der Waals surface area contributed by atoms with E-state index in [4.69, 9.17) is 0 Å². The standard InChI is InChI=1S/C18H21F2N/c1-3-13-5-7-14(8-6-13)18(4-2)21-12-15-11-16(19)9-10-17(15)20/h5-11,18,21H,3-4,12H2,1-2H3. The maximum atomic E-state index is 13.6. The molecule has 1 atom stereocenters. The number of aryl methyl sites for hydroxylation is 1. The number of nitrogens with one attached hydrogen (secondary N) is 1. The van der Waals surface area contributed by atoms with E-state index >= 15 is 0 Å². The molecular weight excluding hydrogens is 268 g/mol. The van der Waals surface area contributed by atoms with Crippen molar-refractivity contribution < 1.29 is 8.78 Å². The molecule has 0 fully saturated rings. The van der Waals surface area contributed by atoms with Gasteiger partial charge in [0, 0.05) is 18.2 Å². The fraction of sp³-hybridized carbons (Fsp3) is 0.333. The third-order valence-electron chi connectivity index (χ3n) is 3.75. The molecule has 0 aliphatic rings. The van der Waals surface area contributed by atoms with Gasteiger partial charge in [0.15, 0.2) is 0 Å². The fourth-order valence-corrected chi connectivity index (χ4v) is 2.40. The van der Waals surface area contributed by atoms with E-state index in [0.29, 0.717) is 12.1 Å². The van der Waals surface area contributed by atoms with Crippen LogP contribution in [0.1, 0.15) is 43.0 Å².